The summed E-state index contributed by atoms with van der Waals surface area (Å²) < 4.78 is 0. The highest BCUT2D eigenvalue weighted by Crippen LogP contribution is 2.23. The van der Waals surface area contributed by atoms with Gasteiger partial charge in [-0.05, 0) is 51.1 Å². The molecule has 6 heteroatoms. The smallest absolute Gasteiger partial charge is 0.245 e. The minimum absolute atomic E-state index is 0. The van der Waals surface area contributed by atoms with E-state index in [0.29, 0.717) is 18.3 Å². The fourth-order valence-electron chi connectivity index (χ4n) is 3.66. The Morgan fingerprint density at radius 1 is 1.30 bits per heavy atom. The van der Waals surface area contributed by atoms with Gasteiger partial charge in [-0.15, -0.1) is 12.4 Å². The topological polar surface area (TPSA) is 52.7 Å². The Morgan fingerprint density at radius 3 is 2.65 bits per heavy atom. The van der Waals surface area contributed by atoms with E-state index in [1.54, 1.807) is 0 Å². The van der Waals surface area contributed by atoms with Crippen LogP contribution >= 0.6 is 12.4 Å². The van der Waals surface area contributed by atoms with Crippen molar-refractivity contribution in [2.75, 3.05) is 33.2 Å². The van der Waals surface area contributed by atoms with Crippen LogP contribution in [0.15, 0.2) is 0 Å². The largest absolute Gasteiger partial charge is 0.341 e. The molecule has 2 aliphatic heterocycles. The fraction of sp³-hybridized carbons (Fsp3) is 0.882. The Kier molecular flexibility index (Phi) is 8.34. The molecule has 0 aromatic rings. The van der Waals surface area contributed by atoms with Gasteiger partial charge in [0.15, 0.2) is 0 Å². The zero-order chi connectivity index (χ0) is 16.1. The second kappa shape index (κ2) is 9.48. The quantitative estimate of drug-likeness (QED) is 0.800. The van der Waals surface area contributed by atoms with Crippen molar-refractivity contribution < 1.29 is 9.59 Å². The van der Waals surface area contributed by atoms with Crippen molar-refractivity contribution in [3.8, 4) is 0 Å². The molecule has 2 fully saturated rings. The Labute approximate surface area is 146 Å². The van der Waals surface area contributed by atoms with Crippen molar-refractivity contribution in [1.82, 2.24) is 15.1 Å². The predicted molar refractivity (Wildman–Crippen MR) is 94.7 cm³/mol. The van der Waals surface area contributed by atoms with Gasteiger partial charge in [0, 0.05) is 26.1 Å². The second-order valence-electron chi connectivity index (χ2n) is 7.19. The van der Waals surface area contributed by atoms with Gasteiger partial charge in [-0.3, -0.25) is 9.59 Å². The van der Waals surface area contributed by atoms with E-state index in [2.05, 4.69) is 19.2 Å². The van der Waals surface area contributed by atoms with Crippen molar-refractivity contribution in [2.45, 2.75) is 52.0 Å². The first kappa shape index (κ1) is 20.2. The van der Waals surface area contributed by atoms with Gasteiger partial charge in [0.2, 0.25) is 11.8 Å². The van der Waals surface area contributed by atoms with Crippen molar-refractivity contribution in [3.63, 3.8) is 0 Å². The van der Waals surface area contributed by atoms with Gasteiger partial charge in [-0.25, -0.2) is 0 Å². The molecule has 2 rings (SSSR count). The van der Waals surface area contributed by atoms with Crippen LogP contribution < -0.4 is 5.32 Å². The zero-order valence-electron chi connectivity index (χ0n) is 14.7. The summed E-state index contributed by atoms with van der Waals surface area (Å²) >= 11 is 0. The number of likely N-dealkylation sites (tertiary alicyclic amines) is 2. The number of nitrogens with one attached hydrogen (secondary N) is 1. The summed E-state index contributed by atoms with van der Waals surface area (Å²) in [5, 5.41) is 3.20. The summed E-state index contributed by atoms with van der Waals surface area (Å²) in [6.45, 7) is 7.63. The second-order valence-corrected chi connectivity index (χ2v) is 7.19. The molecule has 0 aliphatic carbocycles. The van der Waals surface area contributed by atoms with Crippen LogP contribution in [0.2, 0.25) is 0 Å². The van der Waals surface area contributed by atoms with E-state index in [4.69, 9.17) is 0 Å². The van der Waals surface area contributed by atoms with Crippen LogP contribution in [0.1, 0.15) is 46.0 Å². The summed E-state index contributed by atoms with van der Waals surface area (Å²) in [4.78, 5) is 29.1. The number of carbonyl (C=O) groups is 2. The molecule has 0 saturated carbocycles. The van der Waals surface area contributed by atoms with Crippen molar-refractivity contribution in [3.05, 3.63) is 0 Å². The number of carbonyl (C=O) groups excluding carboxylic acids is 2. The Bertz CT molecular complexity index is 403. The Balaban J connectivity index is 0.00000264. The maximum atomic E-state index is 13.0. The van der Waals surface area contributed by atoms with Crippen molar-refractivity contribution in [1.29, 1.82) is 0 Å². The number of piperidine rings is 1. The highest BCUT2D eigenvalue weighted by atomic mass is 35.5. The van der Waals surface area contributed by atoms with Gasteiger partial charge in [-0.2, -0.15) is 0 Å². The van der Waals surface area contributed by atoms with E-state index in [-0.39, 0.29) is 30.3 Å². The van der Waals surface area contributed by atoms with E-state index in [9.17, 15) is 9.59 Å². The summed E-state index contributed by atoms with van der Waals surface area (Å²) in [6.07, 6.45) is 4.43. The fourth-order valence-corrected chi connectivity index (χ4v) is 3.66. The molecule has 2 saturated heterocycles. The average Bonchev–Trinajstić information content (AvgIpc) is 2.94. The molecule has 2 amide bonds. The van der Waals surface area contributed by atoms with Gasteiger partial charge >= 0.3 is 0 Å². The molecule has 2 heterocycles. The SMILES string of the molecule is CNCC1CCN(C(=O)C(CC(C)C)N2CCCCC2=O)C1.Cl. The Hall–Kier alpha value is -0.810. The number of rotatable bonds is 6. The third-order valence-corrected chi connectivity index (χ3v) is 4.81. The van der Waals surface area contributed by atoms with Crippen molar-refractivity contribution >= 4 is 24.2 Å². The molecule has 0 spiro atoms. The Morgan fingerprint density at radius 2 is 2.04 bits per heavy atom. The highest BCUT2D eigenvalue weighted by molar-refractivity contribution is 5.88. The third kappa shape index (κ3) is 5.35. The number of hydrogen-bond acceptors (Lipinski definition) is 3. The van der Waals surface area contributed by atoms with Crippen LogP contribution in [0.25, 0.3) is 0 Å². The lowest BCUT2D eigenvalue weighted by Gasteiger charge is -2.36. The first-order valence-corrected chi connectivity index (χ1v) is 8.75. The average molecular weight is 346 g/mol. The molecule has 23 heavy (non-hydrogen) atoms. The van der Waals surface area contributed by atoms with Crippen LogP contribution in [0.5, 0.6) is 0 Å². The van der Waals surface area contributed by atoms with Gasteiger partial charge in [-0.1, -0.05) is 13.8 Å². The van der Waals surface area contributed by atoms with Gasteiger partial charge in [0.25, 0.3) is 0 Å². The molecule has 0 aromatic heterocycles. The van der Waals surface area contributed by atoms with Gasteiger partial charge < -0.3 is 15.1 Å². The summed E-state index contributed by atoms with van der Waals surface area (Å²) in [7, 11) is 1.96. The summed E-state index contributed by atoms with van der Waals surface area (Å²) in [5.41, 5.74) is 0. The number of amides is 2. The van der Waals surface area contributed by atoms with Gasteiger partial charge in [0.1, 0.15) is 6.04 Å². The van der Waals surface area contributed by atoms with Crippen LogP contribution in [-0.2, 0) is 9.59 Å². The van der Waals surface area contributed by atoms with Gasteiger partial charge in [0.05, 0.1) is 0 Å². The lowest BCUT2D eigenvalue weighted by molar-refractivity contribution is -0.147. The molecule has 5 nitrogen and oxygen atoms in total. The third-order valence-electron chi connectivity index (χ3n) is 4.81. The molecule has 1 N–H and O–H groups in total. The molecular weight excluding hydrogens is 314 g/mol. The van der Waals surface area contributed by atoms with E-state index in [1.165, 1.54) is 0 Å². The van der Waals surface area contributed by atoms with Crippen LogP contribution in [0.4, 0.5) is 0 Å². The first-order valence-electron chi connectivity index (χ1n) is 8.75. The summed E-state index contributed by atoms with van der Waals surface area (Å²) in [6, 6.07) is -0.249. The molecule has 2 atom stereocenters. The summed E-state index contributed by atoms with van der Waals surface area (Å²) in [5.74, 6) is 1.30. The molecule has 134 valence electrons. The molecule has 0 radical (unpaired) electrons. The van der Waals surface area contributed by atoms with Crippen LogP contribution in [0, 0.1) is 11.8 Å². The minimum atomic E-state index is -0.249. The first-order chi connectivity index (χ1) is 10.5. The predicted octanol–water partition coefficient (Wildman–Crippen LogP) is 1.90. The normalized spacial score (nSPS) is 23.1. The van der Waals surface area contributed by atoms with Crippen LogP contribution in [0.3, 0.4) is 0 Å². The lowest BCUT2D eigenvalue weighted by atomic mass is 9.98. The lowest BCUT2D eigenvalue weighted by Crippen LogP contribution is -2.52. The maximum Gasteiger partial charge on any atom is 0.245 e. The minimum Gasteiger partial charge on any atom is -0.341 e. The molecule has 2 aliphatic rings. The number of halogens is 1. The molecule has 0 aromatic carbocycles. The van der Waals surface area contributed by atoms with E-state index in [0.717, 1.165) is 51.9 Å². The van der Waals surface area contributed by atoms with Crippen molar-refractivity contribution in [2.24, 2.45) is 11.8 Å². The standard InChI is InChI=1S/C17H31N3O2.ClH/c1-13(2)10-15(20-8-5-4-6-16(20)21)17(22)19-9-7-14(12-19)11-18-3;/h13-15,18H,4-12H2,1-3H3;1H. The zero-order valence-corrected chi connectivity index (χ0v) is 15.5. The molecule has 2 unspecified atom stereocenters. The van der Waals surface area contributed by atoms with E-state index < -0.39 is 0 Å². The number of nitrogens with zero attached hydrogens (tertiary/aromatic N) is 2. The van der Waals surface area contributed by atoms with E-state index >= 15 is 0 Å². The van der Waals surface area contributed by atoms with Crippen LogP contribution in [-0.4, -0.2) is 60.9 Å². The maximum absolute atomic E-state index is 13.0. The molecular formula is C17H32ClN3O2. The highest BCUT2D eigenvalue weighted by Gasteiger charge is 2.36. The molecule has 0 bridgehead atoms. The monoisotopic (exact) mass is 345 g/mol. The number of hydrogen-bond donors (Lipinski definition) is 1. The van der Waals surface area contributed by atoms with E-state index in [1.807, 2.05) is 16.8 Å².